The zero-order chi connectivity index (χ0) is 14.1. The molecule has 100 valence electrons. The van der Waals surface area contributed by atoms with Gasteiger partial charge >= 0.3 is 0 Å². The minimum Gasteiger partial charge on any atom is -0.236 e. The summed E-state index contributed by atoms with van der Waals surface area (Å²) in [5, 5.41) is 1.09. The number of nitrogens with zero attached hydrogens (tertiary/aromatic N) is 1. The van der Waals surface area contributed by atoms with Crippen LogP contribution in [0.5, 0.6) is 0 Å². The van der Waals surface area contributed by atoms with Crippen LogP contribution in [0, 0.1) is 20.8 Å². The van der Waals surface area contributed by atoms with Gasteiger partial charge in [0.15, 0.2) is 0 Å². The second kappa shape index (κ2) is 5.22. The van der Waals surface area contributed by atoms with Crippen LogP contribution in [0.3, 0.4) is 0 Å². The van der Waals surface area contributed by atoms with Crippen LogP contribution in [0.4, 0.5) is 0 Å². The summed E-state index contributed by atoms with van der Waals surface area (Å²) in [6.45, 7) is 6.44. The molecule has 0 spiro atoms. The summed E-state index contributed by atoms with van der Waals surface area (Å²) < 4.78 is 0. The maximum atomic E-state index is 4.84. The standard InChI is InChI=1S/C18H17NS/c1-12-9-10-16(11-13(12)2)17-14(3)20-18(19-17)15-7-5-4-6-8-15/h4-11H,1-3H3. The molecule has 0 aliphatic rings. The lowest BCUT2D eigenvalue weighted by atomic mass is 10.0. The number of aromatic nitrogens is 1. The lowest BCUT2D eigenvalue weighted by Gasteiger charge is -2.03. The van der Waals surface area contributed by atoms with Crippen LogP contribution in [0.15, 0.2) is 48.5 Å². The van der Waals surface area contributed by atoms with E-state index in [-0.39, 0.29) is 0 Å². The molecule has 0 unspecified atom stereocenters. The molecule has 3 rings (SSSR count). The Morgan fingerprint density at radius 3 is 2.25 bits per heavy atom. The summed E-state index contributed by atoms with van der Waals surface area (Å²) >= 11 is 1.76. The van der Waals surface area contributed by atoms with Crippen molar-refractivity contribution in [2.45, 2.75) is 20.8 Å². The van der Waals surface area contributed by atoms with Crippen molar-refractivity contribution >= 4 is 11.3 Å². The molecule has 0 saturated carbocycles. The monoisotopic (exact) mass is 279 g/mol. The van der Waals surface area contributed by atoms with Gasteiger partial charge in [-0.25, -0.2) is 4.98 Å². The lowest BCUT2D eigenvalue weighted by Crippen LogP contribution is -1.85. The van der Waals surface area contributed by atoms with Gasteiger partial charge in [-0.2, -0.15) is 0 Å². The van der Waals surface area contributed by atoms with Gasteiger partial charge in [-0.05, 0) is 38.0 Å². The van der Waals surface area contributed by atoms with Crippen molar-refractivity contribution in [3.8, 4) is 21.8 Å². The number of hydrogen-bond donors (Lipinski definition) is 0. The van der Waals surface area contributed by atoms with Gasteiger partial charge in [-0.15, -0.1) is 11.3 Å². The number of hydrogen-bond acceptors (Lipinski definition) is 2. The molecule has 0 aliphatic heterocycles. The zero-order valence-electron chi connectivity index (χ0n) is 12.0. The number of aryl methyl sites for hydroxylation is 3. The average Bonchev–Trinajstić information content (AvgIpc) is 2.85. The Labute approximate surface area is 124 Å². The predicted molar refractivity (Wildman–Crippen MR) is 87.2 cm³/mol. The molecule has 3 aromatic rings. The van der Waals surface area contributed by atoms with Crippen LogP contribution in [-0.4, -0.2) is 4.98 Å². The summed E-state index contributed by atoms with van der Waals surface area (Å²) in [5.41, 5.74) is 6.15. The Balaban J connectivity index is 2.07. The molecule has 2 aromatic carbocycles. The normalized spacial score (nSPS) is 10.8. The molecular formula is C18H17NS. The molecule has 0 amide bonds. The first-order chi connectivity index (χ1) is 9.65. The molecule has 0 aliphatic carbocycles. The molecule has 0 N–H and O–H groups in total. The summed E-state index contributed by atoms with van der Waals surface area (Å²) in [5.74, 6) is 0. The van der Waals surface area contributed by atoms with Crippen LogP contribution in [0.1, 0.15) is 16.0 Å². The van der Waals surface area contributed by atoms with Gasteiger partial charge in [0.25, 0.3) is 0 Å². The van der Waals surface area contributed by atoms with Gasteiger partial charge in [-0.1, -0.05) is 42.5 Å². The molecule has 2 heteroatoms. The lowest BCUT2D eigenvalue weighted by molar-refractivity contribution is 1.31. The van der Waals surface area contributed by atoms with E-state index in [1.54, 1.807) is 11.3 Å². The molecule has 0 radical (unpaired) electrons. The summed E-state index contributed by atoms with van der Waals surface area (Å²) in [4.78, 5) is 6.11. The second-order valence-corrected chi connectivity index (χ2v) is 6.29. The summed E-state index contributed by atoms with van der Waals surface area (Å²) in [6, 6.07) is 16.9. The Hall–Kier alpha value is -1.93. The predicted octanol–water partition coefficient (Wildman–Crippen LogP) is 5.40. The number of thiazole rings is 1. The van der Waals surface area contributed by atoms with Crippen LogP contribution in [-0.2, 0) is 0 Å². The topological polar surface area (TPSA) is 12.9 Å². The van der Waals surface area contributed by atoms with Crippen molar-refractivity contribution in [1.82, 2.24) is 4.98 Å². The summed E-state index contributed by atoms with van der Waals surface area (Å²) in [7, 11) is 0. The van der Waals surface area contributed by atoms with E-state index in [4.69, 9.17) is 4.98 Å². The van der Waals surface area contributed by atoms with E-state index in [0.29, 0.717) is 0 Å². The first kappa shape index (κ1) is 13.1. The maximum absolute atomic E-state index is 4.84. The van der Waals surface area contributed by atoms with Crippen LogP contribution in [0.25, 0.3) is 21.8 Å². The molecule has 0 bridgehead atoms. The van der Waals surface area contributed by atoms with E-state index in [1.165, 1.54) is 27.1 Å². The summed E-state index contributed by atoms with van der Waals surface area (Å²) in [6.07, 6.45) is 0. The highest BCUT2D eigenvalue weighted by atomic mass is 32.1. The van der Waals surface area contributed by atoms with Crippen molar-refractivity contribution in [1.29, 1.82) is 0 Å². The van der Waals surface area contributed by atoms with E-state index in [0.717, 1.165) is 10.7 Å². The molecule has 1 nitrogen and oxygen atoms in total. The Kier molecular flexibility index (Phi) is 3.41. The highest BCUT2D eigenvalue weighted by Crippen LogP contribution is 2.33. The third-order valence-corrected chi connectivity index (χ3v) is 4.62. The van der Waals surface area contributed by atoms with Crippen LogP contribution >= 0.6 is 11.3 Å². The van der Waals surface area contributed by atoms with Crippen molar-refractivity contribution in [2.75, 3.05) is 0 Å². The van der Waals surface area contributed by atoms with Gasteiger partial charge in [0.05, 0.1) is 5.69 Å². The van der Waals surface area contributed by atoms with Gasteiger partial charge in [0.2, 0.25) is 0 Å². The van der Waals surface area contributed by atoms with Crippen molar-refractivity contribution < 1.29 is 0 Å². The van der Waals surface area contributed by atoms with E-state index >= 15 is 0 Å². The molecule has 20 heavy (non-hydrogen) atoms. The third kappa shape index (κ3) is 2.39. The van der Waals surface area contributed by atoms with E-state index in [2.05, 4.69) is 63.2 Å². The minimum absolute atomic E-state index is 1.09. The quantitative estimate of drug-likeness (QED) is 0.612. The van der Waals surface area contributed by atoms with Gasteiger partial charge in [-0.3, -0.25) is 0 Å². The molecular weight excluding hydrogens is 262 g/mol. The second-order valence-electron chi connectivity index (χ2n) is 5.09. The highest BCUT2D eigenvalue weighted by Gasteiger charge is 2.11. The minimum atomic E-state index is 1.09. The van der Waals surface area contributed by atoms with Crippen molar-refractivity contribution in [2.24, 2.45) is 0 Å². The largest absolute Gasteiger partial charge is 0.236 e. The molecule has 0 fully saturated rings. The van der Waals surface area contributed by atoms with Crippen LogP contribution in [0.2, 0.25) is 0 Å². The van der Waals surface area contributed by atoms with Crippen LogP contribution < -0.4 is 0 Å². The average molecular weight is 279 g/mol. The Morgan fingerprint density at radius 1 is 0.800 bits per heavy atom. The Morgan fingerprint density at radius 2 is 1.55 bits per heavy atom. The van der Waals surface area contributed by atoms with Crippen molar-refractivity contribution in [3.63, 3.8) is 0 Å². The molecule has 1 heterocycles. The fourth-order valence-corrected chi connectivity index (χ4v) is 3.20. The van der Waals surface area contributed by atoms with Gasteiger partial charge < -0.3 is 0 Å². The molecule has 1 aromatic heterocycles. The third-order valence-electron chi connectivity index (χ3n) is 3.60. The van der Waals surface area contributed by atoms with E-state index in [9.17, 15) is 0 Å². The van der Waals surface area contributed by atoms with Gasteiger partial charge in [0.1, 0.15) is 5.01 Å². The number of benzene rings is 2. The maximum Gasteiger partial charge on any atom is 0.124 e. The Bertz CT molecular complexity index is 741. The van der Waals surface area contributed by atoms with Gasteiger partial charge in [0, 0.05) is 16.0 Å². The highest BCUT2D eigenvalue weighted by molar-refractivity contribution is 7.15. The van der Waals surface area contributed by atoms with E-state index in [1.807, 2.05) is 6.07 Å². The molecule has 0 saturated heterocycles. The SMILES string of the molecule is Cc1ccc(-c2nc(-c3ccccc3)sc2C)cc1C. The fourth-order valence-electron chi connectivity index (χ4n) is 2.26. The fraction of sp³-hybridized carbons (Fsp3) is 0.167. The van der Waals surface area contributed by atoms with E-state index < -0.39 is 0 Å². The first-order valence-electron chi connectivity index (χ1n) is 6.75. The first-order valence-corrected chi connectivity index (χ1v) is 7.57. The smallest absolute Gasteiger partial charge is 0.124 e. The van der Waals surface area contributed by atoms with Crippen molar-refractivity contribution in [3.05, 3.63) is 64.5 Å². The number of rotatable bonds is 2. The zero-order valence-corrected chi connectivity index (χ0v) is 12.8. The molecule has 0 atom stereocenters.